The van der Waals surface area contributed by atoms with E-state index in [4.69, 9.17) is 4.74 Å². The summed E-state index contributed by atoms with van der Waals surface area (Å²) in [4.78, 5) is 14.1. The molecule has 1 N–H and O–H groups in total. The summed E-state index contributed by atoms with van der Waals surface area (Å²) < 4.78 is 6.42. The molecule has 1 amide bonds. The Balaban J connectivity index is 1.93. The Morgan fingerprint density at radius 3 is 2.78 bits per heavy atom. The van der Waals surface area contributed by atoms with Crippen LogP contribution in [0.3, 0.4) is 0 Å². The van der Waals surface area contributed by atoms with Crippen LogP contribution in [0.1, 0.15) is 41.5 Å². The van der Waals surface area contributed by atoms with Crippen molar-refractivity contribution in [2.45, 2.75) is 26.7 Å². The van der Waals surface area contributed by atoms with Gasteiger partial charge in [-0.05, 0) is 46.5 Å². The van der Waals surface area contributed by atoms with Gasteiger partial charge in [-0.1, -0.05) is 26.0 Å². The van der Waals surface area contributed by atoms with Gasteiger partial charge in [0.25, 0.3) is 5.91 Å². The molecule has 0 bridgehead atoms. The van der Waals surface area contributed by atoms with Crippen molar-refractivity contribution in [2.75, 3.05) is 20.2 Å². The van der Waals surface area contributed by atoms with Crippen molar-refractivity contribution < 1.29 is 9.53 Å². The highest BCUT2D eigenvalue weighted by atomic mass is 79.9. The Kier molecular flexibility index (Phi) is 5.82. The molecule has 2 rings (SSSR count). The second-order valence-electron chi connectivity index (χ2n) is 5.85. The summed E-state index contributed by atoms with van der Waals surface area (Å²) >= 11 is 3.46. The average Bonchev–Trinajstić information content (AvgIpc) is 2.88. The van der Waals surface area contributed by atoms with Gasteiger partial charge in [0.15, 0.2) is 5.69 Å². The summed E-state index contributed by atoms with van der Waals surface area (Å²) in [6, 6.07) is 7.85. The van der Waals surface area contributed by atoms with Crippen LogP contribution in [-0.2, 0) is 0 Å². The molecule has 0 unspecified atom stereocenters. The Labute approximate surface area is 145 Å². The molecule has 0 radical (unpaired) electrons. The number of benzene rings is 1. The minimum Gasteiger partial charge on any atom is -0.492 e. The molecule has 0 aliphatic rings. The summed E-state index contributed by atoms with van der Waals surface area (Å²) in [7, 11) is 1.75. The van der Waals surface area contributed by atoms with E-state index in [1.165, 1.54) is 0 Å². The van der Waals surface area contributed by atoms with E-state index < -0.39 is 0 Å². The lowest BCUT2D eigenvalue weighted by Crippen LogP contribution is -2.31. The molecule has 23 heavy (non-hydrogen) atoms. The fraction of sp³-hybridized carbons (Fsp3) is 0.412. The zero-order chi connectivity index (χ0) is 17.0. The molecule has 0 saturated heterocycles. The van der Waals surface area contributed by atoms with Crippen LogP contribution < -0.4 is 4.74 Å². The highest BCUT2D eigenvalue weighted by Gasteiger charge is 2.22. The smallest absolute Gasteiger partial charge is 0.275 e. The number of halogens is 1. The molecule has 0 fully saturated rings. The number of aryl methyl sites for hydroxylation is 1. The highest BCUT2D eigenvalue weighted by Crippen LogP contribution is 2.26. The Bertz CT molecular complexity index is 682. The first-order valence-corrected chi connectivity index (χ1v) is 8.38. The molecule has 1 heterocycles. The van der Waals surface area contributed by atoms with Gasteiger partial charge in [-0.3, -0.25) is 9.89 Å². The molecule has 0 saturated carbocycles. The van der Waals surface area contributed by atoms with E-state index in [-0.39, 0.29) is 11.8 Å². The van der Waals surface area contributed by atoms with Gasteiger partial charge >= 0.3 is 0 Å². The second-order valence-corrected chi connectivity index (χ2v) is 6.64. The number of nitrogens with zero attached hydrogens (tertiary/aromatic N) is 2. The van der Waals surface area contributed by atoms with E-state index in [0.717, 1.165) is 21.5 Å². The summed E-state index contributed by atoms with van der Waals surface area (Å²) in [5.41, 5.74) is 2.48. The molecule has 0 aliphatic carbocycles. The highest BCUT2D eigenvalue weighted by molar-refractivity contribution is 9.10. The lowest BCUT2D eigenvalue weighted by Gasteiger charge is -2.16. The van der Waals surface area contributed by atoms with Crippen LogP contribution in [0.5, 0.6) is 5.75 Å². The van der Waals surface area contributed by atoms with E-state index in [1.54, 1.807) is 11.9 Å². The maximum Gasteiger partial charge on any atom is 0.275 e. The summed E-state index contributed by atoms with van der Waals surface area (Å²) in [6.07, 6.45) is 0. The fourth-order valence-corrected chi connectivity index (χ4v) is 2.96. The Hall–Kier alpha value is -1.82. The third-order valence-corrected chi connectivity index (χ3v) is 4.35. The minimum atomic E-state index is -0.132. The van der Waals surface area contributed by atoms with Gasteiger partial charge < -0.3 is 9.64 Å². The van der Waals surface area contributed by atoms with Crippen molar-refractivity contribution in [3.05, 3.63) is 45.7 Å². The predicted molar refractivity (Wildman–Crippen MR) is 94.0 cm³/mol. The van der Waals surface area contributed by atoms with Crippen LogP contribution in [0, 0.1) is 6.92 Å². The number of aromatic amines is 1. The van der Waals surface area contributed by atoms with Gasteiger partial charge in [-0.15, -0.1) is 0 Å². The molecule has 2 aromatic rings. The van der Waals surface area contributed by atoms with Crippen LogP contribution >= 0.6 is 15.9 Å². The first-order valence-electron chi connectivity index (χ1n) is 7.58. The summed E-state index contributed by atoms with van der Waals surface area (Å²) in [6.45, 7) is 7.04. The zero-order valence-corrected chi connectivity index (χ0v) is 15.5. The average molecular weight is 380 g/mol. The third kappa shape index (κ3) is 4.34. The van der Waals surface area contributed by atoms with Crippen LogP contribution in [0.4, 0.5) is 0 Å². The molecule has 6 heteroatoms. The summed E-state index contributed by atoms with van der Waals surface area (Å²) in [5, 5.41) is 7.05. The quantitative estimate of drug-likeness (QED) is 0.830. The molecular formula is C17H22BrN3O2. The third-order valence-electron chi connectivity index (χ3n) is 3.54. The van der Waals surface area contributed by atoms with E-state index in [9.17, 15) is 4.79 Å². The first kappa shape index (κ1) is 17.5. The number of rotatable bonds is 6. The van der Waals surface area contributed by atoms with Gasteiger partial charge in [-0.25, -0.2) is 0 Å². The van der Waals surface area contributed by atoms with E-state index in [1.807, 2.05) is 45.0 Å². The van der Waals surface area contributed by atoms with Crippen molar-refractivity contribution in [1.82, 2.24) is 15.1 Å². The number of H-pyrrole nitrogens is 1. The molecule has 5 nitrogen and oxygen atoms in total. The predicted octanol–water partition coefficient (Wildman–Crippen LogP) is 3.76. The van der Waals surface area contributed by atoms with Crippen molar-refractivity contribution in [3.63, 3.8) is 0 Å². The Morgan fingerprint density at radius 1 is 1.43 bits per heavy atom. The van der Waals surface area contributed by atoms with Crippen molar-refractivity contribution in [3.8, 4) is 5.75 Å². The number of nitrogens with one attached hydrogen (secondary N) is 1. The number of hydrogen-bond acceptors (Lipinski definition) is 3. The van der Waals surface area contributed by atoms with Gasteiger partial charge in [0, 0.05) is 7.05 Å². The number of carbonyl (C=O) groups excluding carboxylic acids is 1. The zero-order valence-electron chi connectivity index (χ0n) is 13.9. The molecule has 0 atom stereocenters. The maximum atomic E-state index is 12.5. The molecule has 124 valence electrons. The van der Waals surface area contributed by atoms with Crippen molar-refractivity contribution >= 4 is 21.8 Å². The fourth-order valence-electron chi connectivity index (χ4n) is 2.15. The number of ether oxygens (including phenoxy) is 1. The second kappa shape index (κ2) is 7.64. The molecular weight excluding hydrogens is 358 g/mol. The van der Waals surface area contributed by atoms with Gasteiger partial charge in [-0.2, -0.15) is 5.10 Å². The number of hydrogen-bond donors (Lipinski definition) is 1. The lowest BCUT2D eigenvalue weighted by atomic mass is 10.1. The molecule has 1 aromatic heterocycles. The van der Waals surface area contributed by atoms with E-state index >= 15 is 0 Å². The normalized spacial score (nSPS) is 10.9. The summed E-state index contributed by atoms with van der Waals surface area (Å²) in [5.74, 6) is 0.954. The van der Waals surface area contributed by atoms with Crippen LogP contribution in [0.15, 0.2) is 28.7 Å². The Morgan fingerprint density at radius 2 is 2.17 bits per heavy atom. The minimum absolute atomic E-state index is 0.132. The van der Waals surface area contributed by atoms with E-state index in [0.29, 0.717) is 18.8 Å². The maximum absolute atomic E-state index is 12.5. The van der Waals surface area contributed by atoms with Crippen LogP contribution in [0.25, 0.3) is 0 Å². The van der Waals surface area contributed by atoms with Gasteiger partial charge in [0.1, 0.15) is 12.4 Å². The standard InChI is InChI=1S/C17H22BrN3O2/c1-11(2)15-14(18)16(20-19-15)17(22)21(4)8-9-23-13-7-5-6-12(3)10-13/h5-7,10-11H,8-9H2,1-4H3,(H,19,20). The monoisotopic (exact) mass is 379 g/mol. The molecule has 0 aliphatic heterocycles. The first-order chi connectivity index (χ1) is 10.9. The molecule has 1 aromatic carbocycles. The number of aromatic nitrogens is 2. The topological polar surface area (TPSA) is 58.2 Å². The number of likely N-dealkylation sites (N-methyl/N-ethyl adjacent to an activating group) is 1. The van der Waals surface area contributed by atoms with Crippen LogP contribution in [-0.4, -0.2) is 41.2 Å². The van der Waals surface area contributed by atoms with Gasteiger partial charge in [0.2, 0.25) is 0 Å². The van der Waals surface area contributed by atoms with Crippen molar-refractivity contribution in [1.29, 1.82) is 0 Å². The lowest BCUT2D eigenvalue weighted by molar-refractivity contribution is 0.0767. The SMILES string of the molecule is Cc1cccc(OCCN(C)C(=O)c2n[nH]c(C(C)C)c2Br)c1. The molecule has 0 spiro atoms. The van der Waals surface area contributed by atoms with Crippen molar-refractivity contribution in [2.24, 2.45) is 0 Å². The number of amides is 1. The van der Waals surface area contributed by atoms with Crippen LogP contribution in [0.2, 0.25) is 0 Å². The largest absolute Gasteiger partial charge is 0.492 e. The number of carbonyl (C=O) groups is 1. The van der Waals surface area contributed by atoms with E-state index in [2.05, 4.69) is 26.1 Å². The van der Waals surface area contributed by atoms with Gasteiger partial charge in [0.05, 0.1) is 16.7 Å².